The van der Waals surface area contributed by atoms with Crippen LogP contribution in [0.4, 0.5) is 5.82 Å². The summed E-state index contributed by atoms with van der Waals surface area (Å²) in [5, 5.41) is 0. The van der Waals surface area contributed by atoms with E-state index < -0.39 is 0 Å². The largest absolute Gasteiger partial charge is 0.383 e. The fourth-order valence-corrected chi connectivity index (χ4v) is 2.17. The molecule has 0 spiro atoms. The monoisotopic (exact) mass is 258 g/mol. The molecule has 0 radical (unpaired) electrons. The third kappa shape index (κ3) is 2.78. The number of aryl methyl sites for hydroxylation is 2. The Morgan fingerprint density at radius 1 is 1.26 bits per heavy atom. The van der Waals surface area contributed by atoms with Crippen LogP contribution in [0.25, 0.3) is 11.3 Å². The summed E-state index contributed by atoms with van der Waals surface area (Å²) in [5.41, 5.74) is 9.12. The second kappa shape index (κ2) is 5.87. The molecule has 19 heavy (non-hydrogen) atoms. The van der Waals surface area contributed by atoms with Gasteiger partial charge in [0, 0.05) is 30.4 Å². The first kappa shape index (κ1) is 13.6. The highest BCUT2D eigenvalue weighted by Crippen LogP contribution is 2.26. The topological polar surface area (TPSA) is 56.7 Å². The molecule has 0 saturated carbocycles. The number of hydrogen-bond donors (Lipinski definition) is 1. The molecule has 0 atom stereocenters. The number of unbranched alkanes of at least 4 members (excludes halogenated alkanes) is 1. The third-order valence-electron chi connectivity index (χ3n) is 3.32. The van der Waals surface area contributed by atoms with Crippen molar-refractivity contribution in [3.05, 3.63) is 29.8 Å². The van der Waals surface area contributed by atoms with Gasteiger partial charge in [-0.25, -0.2) is 4.98 Å². The number of anilines is 1. The van der Waals surface area contributed by atoms with Crippen LogP contribution in [0, 0.1) is 6.92 Å². The number of nitrogens with zero attached hydrogens (tertiary/aromatic N) is 3. The maximum atomic E-state index is 6.26. The highest BCUT2D eigenvalue weighted by atomic mass is 15.1. The van der Waals surface area contributed by atoms with Gasteiger partial charge in [0.15, 0.2) is 0 Å². The standard InChI is InChI=1S/C15H22N4/c1-4-6-9-19-13(5-2)18-14(15(19)16)12-8-7-11(3)17-10-12/h7-8,10H,4-6,9,16H2,1-3H3. The fraction of sp³-hybridized carbons (Fsp3) is 0.467. The SMILES string of the molecule is CCCCn1c(CC)nc(-c2ccc(C)nc2)c1N. The zero-order chi connectivity index (χ0) is 13.8. The third-order valence-corrected chi connectivity index (χ3v) is 3.32. The predicted molar refractivity (Wildman–Crippen MR) is 78.9 cm³/mol. The van der Waals surface area contributed by atoms with Gasteiger partial charge < -0.3 is 10.3 Å². The molecule has 0 fully saturated rings. The smallest absolute Gasteiger partial charge is 0.131 e. The molecule has 0 unspecified atom stereocenters. The maximum Gasteiger partial charge on any atom is 0.131 e. The van der Waals surface area contributed by atoms with Gasteiger partial charge in [-0.2, -0.15) is 0 Å². The molecule has 0 aliphatic rings. The van der Waals surface area contributed by atoms with E-state index in [-0.39, 0.29) is 0 Å². The molecule has 0 amide bonds. The molecule has 0 aliphatic carbocycles. The zero-order valence-electron chi connectivity index (χ0n) is 12.0. The van der Waals surface area contributed by atoms with E-state index in [0.29, 0.717) is 0 Å². The first-order valence-corrected chi connectivity index (χ1v) is 6.95. The number of hydrogen-bond acceptors (Lipinski definition) is 3. The second-order valence-electron chi connectivity index (χ2n) is 4.81. The average molecular weight is 258 g/mol. The first-order valence-electron chi connectivity index (χ1n) is 6.95. The molecule has 0 saturated heterocycles. The van der Waals surface area contributed by atoms with Crippen LogP contribution in [0.3, 0.4) is 0 Å². The predicted octanol–water partition coefficient (Wildman–Crippen LogP) is 3.20. The van der Waals surface area contributed by atoms with Gasteiger partial charge in [-0.3, -0.25) is 4.98 Å². The Kier molecular flexibility index (Phi) is 4.20. The molecule has 2 heterocycles. The highest BCUT2D eigenvalue weighted by Gasteiger charge is 2.14. The van der Waals surface area contributed by atoms with E-state index in [0.717, 1.165) is 54.4 Å². The maximum absolute atomic E-state index is 6.26. The van der Waals surface area contributed by atoms with E-state index in [2.05, 4.69) is 28.4 Å². The van der Waals surface area contributed by atoms with E-state index in [1.165, 1.54) is 0 Å². The number of nitrogens with two attached hydrogens (primary N) is 1. The van der Waals surface area contributed by atoms with Crippen LogP contribution in [0.5, 0.6) is 0 Å². The highest BCUT2D eigenvalue weighted by molar-refractivity contribution is 5.70. The van der Waals surface area contributed by atoms with Crippen molar-refractivity contribution in [3.63, 3.8) is 0 Å². The molecule has 4 nitrogen and oxygen atoms in total. The lowest BCUT2D eigenvalue weighted by molar-refractivity contribution is 0.612. The number of pyridine rings is 1. The minimum absolute atomic E-state index is 0.760. The van der Waals surface area contributed by atoms with E-state index in [1.54, 1.807) is 0 Å². The van der Waals surface area contributed by atoms with Crippen LogP contribution < -0.4 is 5.73 Å². The Morgan fingerprint density at radius 2 is 2.05 bits per heavy atom. The molecular weight excluding hydrogens is 236 g/mol. The number of nitrogen functional groups attached to an aromatic ring is 1. The van der Waals surface area contributed by atoms with Crippen molar-refractivity contribution in [2.75, 3.05) is 5.73 Å². The van der Waals surface area contributed by atoms with Crippen molar-refractivity contribution < 1.29 is 0 Å². The van der Waals surface area contributed by atoms with Crippen molar-refractivity contribution in [3.8, 4) is 11.3 Å². The minimum atomic E-state index is 0.760. The van der Waals surface area contributed by atoms with Crippen molar-refractivity contribution in [2.24, 2.45) is 0 Å². The molecule has 4 heteroatoms. The van der Waals surface area contributed by atoms with Gasteiger partial charge >= 0.3 is 0 Å². The van der Waals surface area contributed by atoms with E-state index in [1.807, 2.05) is 25.3 Å². The quantitative estimate of drug-likeness (QED) is 0.896. The summed E-state index contributed by atoms with van der Waals surface area (Å²) in [4.78, 5) is 9.00. The zero-order valence-corrected chi connectivity index (χ0v) is 12.0. The van der Waals surface area contributed by atoms with Crippen LogP contribution >= 0.6 is 0 Å². The van der Waals surface area contributed by atoms with Gasteiger partial charge in [0.25, 0.3) is 0 Å². The van der Waals surface area contributed by atoms with Crippen LogP contribution in [0.15, 0.2) is 18.3 Å². The van der Waals surface area contributed by atoms with Crippen LogP contribution in [0.2, 0.25) is 0 Å². The van der Waals surface area contributed by atoms with Crippen molar-refractivity contribution >= 4 is 5.82 Å². The summed E-state index contributed by atoms with van der Waals surface area (Å²) in [6, 6.07) is 4.02. The average Bonchev–Trinajstić information content (AvgIpc) is 2.74. The lowest BCUT2D eigenvalue weighted by Gasteiger charge is -2.07. The Morgan fingerprint density at radius 3 is 2.63 bits per heavy atom. The van der Waals surface area contributed by atoms with Crippen LogP contribution in [0.1, 0.15) is 38.2 Å². The summed E-state index contributed by atoms with van der Waals surface area (Å²) in [6.45, 7) is 7.22. The first-order chi connectivity index (χ1) is 9.17. The Bertz CT molecular complexity index is 540. The molecule has 2 aromatic rings. The fourth-order valence-electron chi connectivity index (χ4n) is 2.17. The van der Waals surface area contributed by atoms with Gasteiger partial charge in [-0.05, 0) is 25.5 Å². The molecule has 102 valence electrons. The summed E-state index contributed by atoms with van der Waals surface area (Å²) in [6.07, 6.45) is 5.02. The van der Waals surface area contributed by atoms with Crippen molar-refractivity contribution in [2.45, 2.75) is 46.6 Å². The molecule has 2 aromatic heterocycles. The summed E-state index contributed by atoms with van der Waals surface area (Å²) in [7, 11) is 0. The lowest BCUT2D eigenvalue weighted by atomic mass is 10.2. The number of aromatic nitrogens is 3. The number of imidazole rings is 1. The summed E-state index contributed by atoms with van der Waals surface area (Å²) in [5.74, 6) is 1.82. The molecule has 2 N–H and O–H groups in total. The molecule has 2 rings (SSSR count). The molecule has 0 aromatic carbocycles. The van der Waals surface area contributed by atoms with E-state index in [4.69, 9.17) is 5.73 Å². The van der Waals surface area contributed by atoms with Gasteiger partial charge in [-0.1, -0.05) is 20.3 Å². The van der Waals surface area contributed by atoms with Gasteiger partial charge in [-0.15, -0.1) is 0 Å². The van der Waals surface area contributed by atoms with Gasteiger partial charge in [0.1, 0.15) is 17.3 Å². The van der Waals surface area contributed by atoms with Crippen LogP contribution in [-0.4, -0.2) is 14.5 Å². The van der Waals surface area contributed by atoms with Crippen LogP contribution in [-0.2, 0) is 13.0 Å². The molecule has 0 aliphatic heterocycles. The van der Waals surface area contributed by atoms with Gasteiger partial charge in [0.2, 0.25) is 0 Å². The Balaban J connectivity index is 2.41. The lowest BCUT2D eigenvalue weighted by Crippen LogP contribution is -2.06. The van der Waals surface area contributed by atoms with Crippen molar-refractivity contribution in [1.29, 1.82) is 0 Å². The minimum Gasteiger partial charge on any atom is -0.383 e. The molecular formula is C15H22N4. The molecule has 0 bridgehead atoms. The summed E-state index contributed by atoms with van der Waals surface area (Å²) >= 11 is 0. The Hall–Kier alpha value is -1.84. The normalized spacial score (nSPS) is 10.9. The number of rotatable bonds is 5. The van der Waals surface area contributed by atoms with E-state index in [9.17, 15) is 0 Å². The van der Waals surface area contributed by atoms with Gasteiger partial charge in [0.05, 0.1) is 0 Å². The summed E-state index contributed by atoms with van der Waals surface area (Å²) < 4.78 is 2.14. The Labute approximate surface area is 114 Å². The van der Waals surface area contributed by atoms with E-state index >= 15 is 0 Å². The van der Waals surface area contributed by atoms with Crippen molar-refractivity contribution in [1.82, 2.24) is 14.5 Å². The second-order valence-corrected chi connectivity index (χ2v) is 4.81.